The Morgan fingerprint density at radius 3 is 2.08 bits per heavy atom. The molecule has 0 saturated heterocycles. The van der Waals surface area contributed by atoms with Gasteiger partial charge in [0.2, 0.25) is 11.8 Å². The van der Waals surface area contributed by atoms with Crippen molar-refractivity contribution in [3.63, 3.8) is 0 Å². The first-order chi connectivity index (χ1) is 11.3. The van der Waals surface area contributed by atoms with Crippen molar-refractivity contribution >= 4 is 29.2 Å². The molecule has 6 nitrogen and oxygen atoms in total. The van der Waals surface area contributed by atoms with E-state index >= 15 is 0 Å². The zero-order valence-electron chi connectivity index (χ0n) is 13.8. The van der Waals surface area contributed by atoms with Gasteiger partial charge in [0.05, 0.1) is 11.8 Å². The minimum atomic E-state index is -0.943. The van der Waals surface area contributed by atoms with Crippen LogP contribution in [0.25, 0.3) is 0 Å². The fourth-order valence-corrected chi connectivity index (χ4v) is 3.40. The third kappa shape index (κ3) is 3.00. The van der Waals surface area contributed by atoms with Gasteiger partial charge in [0.15, 0.2) is 0 Å². The van der Waals surface area contributed by atoms with Crippen molar-refractivity contribution in [3.8, 4) is 0 Å². The lowest BCUT2D eigenvalue weighted by Gasteiger charge is -2.24. The Morgan fingerprint density at radius 1 is 1.04 bits per heavy atom. The standard InChI is InChI=1S/C18H22N2O4/c1-18(2)13(14(18)17(23)24)16(22)20-12-8-4-7-11(9-12)19-15(21)10-5-3-6-10/h4,7-10,13-14H,3,5-6H2,1-2H3,(H,19,21)(H,20,22)(H,23,24). The van der Waals surface area contributed by atoms with Crippen LogP contribution in [-0.2, 0) is 14.4 Å². The van der Waals surface area contributed by atoms with Gasteiger partial charge in [-0.2, -0.15) is 0 Å². The van der Waals surface area contributed by atoms with Crippen LogP contribution in [0.2, 0.25) is 0 Å². The Hall–Kier alpha value is -2.37. The summed E-state index contributed by atoms with van der Waals surface area (Å²) in [5.41, 5.74) is 0.652. The van der Waals surface area contributed by atoms with Crippen LogP contribution in [0.5, 0.6) is 0 Å². The number of carbonyl (C=O) groups excluding carboxylic acids is 2. The second-order valence-electron chi connectivity index (χ2n) is 7.30. The van der Waals surface area contributed by atoms with E-state index in [1.165, 1.54) is 0 Å². The normalized spacial score (nSPS) is 24.6. The van der Waals surface area contributed by atoms with E-state index in [1.54, 1.807) is 38.1 Å². The maximum Gasteiger partial charge on any atom is 0.307 e. The molecule has 2 aliphatic rings. The second kappa shape index (κ2) is 5.92. The Balaban J connectivity index is 1.63. The number of carbonyl (C=O) groups is 3. The number of hydrogen-bond acceptors (Lipinski definition) is 3. The number of carboxylic acids is 1. The number of rotatable bonds is 5. The third-order valence-corrected chi connectivity index (χ3v) is 5.25. The van der Waals surface area contributed by atoms with E-state index < -0.39 is 23.2 Å². The van der Waals surface area contributed by atoms with Gasteiger partial charge in [-0.05, 0) is 36.5 Å². The van der Waals surface area contributed by atoms with Gasteiger partial charge < -0.3 is 15.7 Å². The van der Waals surface area contributed by atoms with Gasteiger partial charge in [-0.3, -0.25) is 14.4 Å². The molecule has 1 aromatic carbocycles. The zero-order chi connectivity index (χ0) is 17.5. The molecule has 0 aliphatic heterocycles. The van der Waals surface area contributed by atoms with Gasteiger partial charge in [-0.25, -0.2) is 0 Å². The van der Waals surface area contributed by atoms with Gasteiger partial charge in [0.1, 0.15) is 0 Å². The summed E-state index contributed by atoms with van der Waals surface area (Å²) in [5, 5.41) is 14.8. The smallest absolute Gasteiger partial charge is 0.307 e. The maximum atomic E-state index is 12.3. The summed E-state index contributed by atoms with van der Waals surface area (Å²) in [6, 6.07) is 6.94. The number of nitrogens with one attached hydrogen (secondary N) is 2. The Kier molecular flexibility index (Phi) is 4.07. The predicted octanol–water partition coefficient (Wildman–Crippen LogP) is 2.72. The Morgan fingerprint density at radius 2 is 1.62 bits per heavy atom. The summed E-state index contributed by atoms with van der Waals surface area (Å²) in [7, 11) is 0. The summed E-state index contributed by atoms with van der Waals surface area (Å²) in [5.74, 6) is -2.33. The Bertz CT molecular complexity index is 694. The van der Waals surface area contributed by atoms with Crippen LogP contribution in [0.3, 0.4) is 0 Å². The lowest BCUT2D eigenvalue weighted by molar-refractivity contribution is -0.140. The largest absolute Gasteiger partial charge is 0.481 e. The molecule has 0 aromatic heterocycles. The van der Waals surface area contributed by atoms with E-state index in [-0.39, 0.29) is 17.7 Å². The molecule has 0 spiro atoms. The molecular weight excluding hydrogens is 308 g/mol. The van der Waals surface area contributed by atoms with Crippen LogP contribution in [0.15, 0.2) is 24.3 Å². The molecule has 24 heavy (non-hydrogen) atoms. The molecule has 128 valence electrons. The Labute approximate surface area is 140 Å². The SMILES string of the molecule is CC1(C)C(C(=O)O)C1C(=O)Nc1cccc(NC(=O)C2CCC2)c1. The lowest BCUT2D eigenvalue weighted by Crippen LogP contribution is -2.28. The molecule has 2 aliphatic carbocycles. The monoisotopic (exact) mass is 330 g/mol. The second-order valence-corrected chi connectivity index (χ2v) is 7.30. The number of hydrogen-bond donors (Lipinski definition) is 3. The molecule has 2 amide bonds. The van der Waals surface area contributed by atoms with Crippen LogP contribution >= 0.6 is 0 Å². The average Bonchev–Trinajstić information content (AvgIpc) is 3.00. The van der Waals surface area contributed by atoms with E-state index in [9.17, 15) is 19.5 Å². The maximum absolute atomic E-state index is 12.3. The topological polar surface area (TPSA) is 95.5 Å². The molecule has 6 heteroatoms. The van der Waals surface area contributed by atoms with Gasteiger partial charge in [0, 0.05) is 17.3 Å². The van der Waals surface area contributed by atoms with Crippen LogP contribution in [-0.4, -0.2) is 22.9 Å². The van der Waals surface area contributed by atoms with Crippen molar-refractivity contribution in [1.82, 2.24) is 0 Å². The first-order valence-electron chi connectivity index (χ1n) is 8.25. The number of anilines is 2. The molecular formula is C18H22N2O4. The van der Waals surface area contributed by atoms with Crippen molar-refractivity contribution in [1.29, 1.82) is 0 Å². The minimum absolute atomic E-state index is 0.0130. The highest BCUT2D eigenvalue weighted by molar-refractivity contribution is 6.00. The number of aliphatic carboxylic acids is 1. The zero-order valence-corrected chi connectivity index (χ0v) is 13.8. The molecule has 2 atom stereocenters. The summed E-state index contributed by atoms with van der Waals surface area (Å²) in [4.78, 5) is 35.5. The van der Waals surface area contributed by atoms with Crippen molar-refractivity contribution in [3.05, 3.63) is 24.3 Å². The summed E-state index contributed by atoms with van der Waals surface area (Å²) >= 11 is 0. The fourth-order valence-electron chi connectivity index (χ4n) is 3.40. The number of benzene rings is 1. The van der Waals surface area contributed by atoms with Crippen molar-refractivity contribution in [2.75, 3.05) is 10.6 Å². The molecule has 0 bridgehead atoms. The minimum Gasteiger partial charge on any atom is -0.481 e. The summed E-state index contributed by atoms with van der Waals surface area (Å²) in [6.07, 6.45) is 2.95. The molecule has 2 fully saturated rings. The van der Waals surface area contributed by atoms with Crippen molar-refractivity contribution in [2.24, 2.45) is 23.2 Å². The van der Waals surface area contributed by atoms with Gasteiger partial charge in [0.25, 0.3) is 0 Å². The predicted molar refractivity (Wildman–Crippen MR) is 89.4 cm³/mol. The number of carboxylic acid groups (broad SMARTS) is 1. The lowest BCUT2D eigenvalue weighted by atomic mass is 9.85. The van der Waals surface area contributed by atoms with Crippen LogP contribution < -0.4 is 10.6 Å². The summed E-state index contributed by atoms with van der Waals surface area (Å²) in [6.45, 7) is 3.57. The van der Waals surface area contributed by atoms with Crippen molar-refractivity contribution in [2.45, 2.75) is 33.1 Å². The van der Waals surface area contributed by atoms with E-state index in [0.717, 1.165) is 19.3 Å². The molecule has 0 heterocycles. The van der Waals surface area contributed by atoms with E-state index in [0.29, 0.717) is 11.4 Å². The van der Waals surface area contributed by atoms with Crippen LogP contribution in [0.4, 0.5) is 11.4 Å². The first-order valence-corrected chi connectivity index (χ1v) is 8.25. The fraction of sp³-hybridized carbons (Fsp3) is 0.500. The van der Waals surface area contributed by atoms with E-state index in [2.05, 4.69) is 10.6 Å². The van der Waals surface area contributed by atoms with E-state index in [4.69, 9.17) is 0 Å². The quantitative estimate of drug-likeness (QED) is 0.773. The van der Waals surface area contributed by atoms with Gasteiger partial charge in [-0.15, -0.1) is 0 Å². The third-order valence-electron chi connectivity index (χ3n) is 5.25. The molecule has 2 saturated carbocycles. The van der Waals surface area contributed by atoms with Gasteiger partial charge >= 0.3 is 5.97 Å². The molecule has 0 radical (unpaired) electrons. The van der Waals surface area contributed by atoms with Gasteiger partial charge in [-0.1, -0.05) is 26.3 Å². The molecule has 1 aromatic rings. The number of amides is 2. The highest BCUT2D eigenvalue weighted by Crippen LogP contribution is 2.58. The molecule has 3 N–H and O–H groups in total. The highest BCUT2D eigenvalue weighted by atomic mass is 16.4. The molecule has 3 rings (SSSR count). The highest BCUT2D eigenvalue weighted by Gasteiger charge is 2.65. The van der Waals surface area contributed by atoms with E-state index in [1.807, 2.05) is 0 Å². The first kappa shape index (κ1) is 16.5. The van der Waals surface area contributed by atoms with Crippen molar-refractivity contribution < 1.29 is 19.5 Å². The van der Waals surface area contributed by atoms with Crippen LogP contribution in [0, 0.1) is 23.2 Å². The summed E-state index contributed by atoms with van der Waals surface area (Å²) < 4.78 is 0. The average molecular weight is 330 g/mol. The molecule has 2 unspecified atom stereocenters. The van der Waals surface area contributed by atoms with Crippen LogP contribution in [0.1, 0.15) is 33.1 Å².